The molecule has 1 amide bonds. The molecule has 2 aromatic rings. The summed E-state index contributed by atoms with van der Waals surface area (Å²) in [5, 5.41) is 0. The Labute approximate surface area is 113 Å². The third kappa shape index (κ3) is 2.29. The summed E-state index contributed by atoms with van der Waals surface area (Å²) in [6.07, 6.45) is 3.53. The second-order valence-electron chi connectivity index (χ2n) is 4.56. The molecule has 0 bridgehead atoms. The van der Waals surface area contributed by atoms with Gasteiger partial charge in [-0.1, -0.05) is 54.6 Å². The maximum absolute atomic E-state index is 12.3. The van der Waals surface area contributed by atoms with E-state index in [1.807, 2.05) is 65.6 Å². The normalized spacial score (nSPS) is 15.3. The van der Waals surface area contributed by atoms with Gasteiger partial charge in [0.1, 0.15) is 0 Å². The number of hydrogen-bond acceptors (Lipinski definition) is 1. The number of hydrogen-bond donors (Lipinski definition) is 0. The minimum Gasteiger partial charge on any atom is -0.281 e. The molecule has 3 rings (SSSR count). The zero-order valence-electron chi connectivity index (χ0n) is 10.6. The van der Waals surface area contributed by atoms with Crippen molar-refractivity contribution in [3.8, 4) is 0 Å². The Balaban J connectivity index is 2.06. The molecule has 0 atom stereocenters. The SMILES string of the molecule is O=C1CCC=C(c2ccccc2)N1c1ccccc1. The van der Waals surface area contributed by atoms with Crippen LogP contribution in [0.15, 0.2) is 66.7 Å². The molecule has 0 unspecified atom stereocenters. The standard InChI is InChI=1S/C17H15NO/c19-17-13-7-12-16(14-8-3-1-4-9-14)18(17)15-10-5-2-6-11-15/h1-6,8-12H,7,13H2. The summed E-state index contributed by atoms with van der Waals surface area (Å²) < 4.78 is 0. The molecule has 0 radical (unpaired) electrons. The van der Waals surface area contributed by atoms with E-state index in [1.165, 1.54) is 0 Å². The van der Waals surface area contributed by atoms with E-state index in [-0.39, 0.29) is 5.91 Å². The van der Waals surface area contributed by atoms with Crippen LogP contribution in [-0.4, -0.2) is 5.91 Å². The van der Waals surface area contributed by atoms with Gasteiger partial charge >= 0.3 is 0 Å². The van der Waals surface area contributed by atoms with E-state index in [9.17, 15) is 4.79 Å². The first-order valence-electron chi connectivity index (χ1n) is 6.50. The molecule has 1 heterocycles. The van der Waals surface area contributed by atoms with Crippen molar-refractivity contribution in [2.24, 2.45) is 0 Å². The number of rotatable bonds is 2. The molecular formula is C17H15NO. The fraction of sp³-hybridized carbons (Fsp3) is 0.118. The van der Waals surface area contributed by atoms with Crippen molar-refractivity contribution in [2.45, 2.75) is 12.8 Å². The highest BCUT2D eigenvalue weighted by Gasteiger charge is 2.23. The summed E-state index contributed by atoms with van der Waals surface area (Å²) in [5.74, 6) is 0.160. The van der Waals surface area contributed by atoms with E-state index in [2.05, 4.69) is 6.08 Å². The number of para-hydroxylation sites is 1. The van der Waals surface area contributed by atoms with Crippen LogP contribution in [0.4, 0.5) is 5.69 Å². The average Bonchev–Trinajstić information content (AvgIpc) is 2.49. The molecule has 0 saturated carbocycles. The van der Waals surface area contributed by atoms with Crippen molar-refractivity contribution in [1.82, 2.24) is 0 Å². The van der Waals surface area contributed by atoms with Gasteiger partial charge in [-0.15, -0.1) is 0 Å². The molecular weight excluding hydrogens is 234 g/mol. The Kier molecular flexibility index (Phi) is 3.15. The van der Waals surface area contributed by atoms with Gasteiger partial charge in [0.2, 0.25) is 5.91 Å². The van der Waals surface area contributed by atoms with Crippen LogP contribution >= 0.6 is 0 Å². The van der Waals surface area contributed by atoms with E-state index < -0.39 is 0 Å². The molecule has 1 aliphatic rings. The van der Waals surface area contributed by atoms with E-state index in [0.717, 1.165) is 23.4 Å². The quantitative estimate of drug-likeness (QED) is 0.791. The summed E-state index contributed by atoms with van der Waals surface area (Å²) >= 11 is 0. The van der Waals surface area contributed by atoms with Crippen molar-refractivity contribution < 1.29 is 4.79 Å². The Hall–Kier alpha value is -2.35. The third-order valence-corrected chi connectivity index (χ3v) is 3.27. The van der Waals surface area contributed by atoms with Crippen molar-refractivity contribution in [3.05, 3.63) is 72.3 Å². The van der Waals surface area contributed by atoms with Crippen molar-refractivity contribution in [3.63, 3.8) is 0 Å². The van der Waals surface area contributed by atoms with Gasteiger partial charge < -0.3 is 0 Å². The van der Waals surface area contributed by atoms with Gasteiger partial charge in [-0.3, -0.25) is 9.69 Å². The van der Waals surface area contributed by atoms with Crippen LogP contribution in [0.1, 0.15) is 18.4 Å². The summed E-state index contributed by atoms with van der Waals surface area (Å²) in [4.78, 5) is 14.1. The van der Waals surface area contributed by atoms with Gasteiger partial charge in [-0.25, -0.2) is 0 Å². The molecule has 0 aromatic heterocycles. The van der Waals surface area contributed by atoms with Crippen LogP contribution < -0.4 is 4.90 Å². The molecule has 2 aromatic carbocycles. The first-order chi connectivity index (χ1) is 9.36. The van der Waals surface area contributed by atoms with Crippen LogP contribution in [0.5, 0.6) is 0 Å². The fourth-order valence-electron chi connectivity index (χ4n) is 2.39. The molecule has 0 saturated heterocycles. The third-order valence-electron chi connectivity index (χ3n) is 3.27. The van der Waals surface area contributed by atoms with Gasteiger partial charge in [-0.05, 0) is 24.1 Å². The topological polar surface area (TPSA) is 20.3 Å². The van der Waals surface area contributed by atoms with Gasteiger partial charge in [0, 0.05) is 12.1 Å². The molecule has 0 fully saturated rings. The lowest BCUT2D eigenvalue weighted by Crippen LogP contribution is -2.31. The molecule has 0 N–H and O–H groups in total. The zero-order valence-corrected chi connectivity index (χ0v) is 10.6. The van der Waals surface area contributed by atoms with Crippen LogP contribution in [-0.2, 0) is 4.79 Å². The van der Waals surface area contributed by atoms with Crippen LogP contribution in [0.2, 0.25) is 0 Å². The highest BCUT2D eigenvalue weighted by molar-refractivity contribution is 6.07. The summed E-state index contributed by atoms with van der Waals surface area (Å²) in [6, 6.07) is 19.9. The number of benzene rings is 2. The molecule has 1 aliphatic heterocycles. The molecule has 0 aliphatic carbocycles. The fourth-order valence-corrected chi connectivity index (χ4v) is 2.39. The smallest absolute Gasteiger partial charge is 0.231 e. The predicted molar refractivity (Wildman–Crippen MR) is 77.6 cm³/mol. The predicted octanol–water partition coefficient (Wildman–Crippen LogP) is 3.85. The molecule has 0 spiro atoms. The minimum atomic E-state index is 0.160. The number of amides is 1. The van der Waals surface area contributed by atoms with Crippen molar-refractivity contribution in [1.29, 1.82) is 0 Å². The van der Waals surface area contributed by atoms with E-state index in [1.54, 1.807) is 0 Å². The van der Waals surface area contributed by atoms with Gasteiger partial charge in [0.25, 0.3) is 0 Å². The lowest BCUT2D eigenvalue weighted by Gasteiger charge is -2.29. The molecule has 19 heavy (non-hydrogen) atoms. The number of anilines is 1. The Bertz CT molecular complexity index is 602. The van der Waals surface area contributed by atoms with Gasteiger partial charge in [0.05, 0.1) is 5.70 Å². The monoisotopic (exact) mass is 249 g/mol. The van der Waals surface area contributed by atoms with Crippen LogP contribution in [0.25, 0.3) is 5.70 Å². The largest absolute Gasteiger partial charge is 0.281 e. The number of allylic oxidation sites excluding steroid dienone is 1. The highest BCUT2D eigenvalue weighted by atomic mass is 16.2. The first-order valence-corrected chi connectivity index (χ1v) is 6.50. The maximum atomic E-state index is 12.3. The van der Waals surface area contributed by atoms with Gasteiger partial charge in [-0.2, -0.15) is 0 Å². The lowest BCUT2D eigenvalue weighted by atomic mass is 10.0. The molecule has 2 nitrogen and oxygen atoms in total. The van der Waals surface area contributed by atoms with Crippen LogP contribution in [0.3, 0.4) is 0 Å². The number of carbonyl (C=O) groups is 1. The van der Waals surface area contributed by atoms with Crippen LogP contribution in [0, 0.1) is 0 Å². The Morgan fingerprint density at radius 3 is 2.16 bits per heavy atom. The number of carbonyl (C=O) groups excluding carboxylic acids is 1. The Morgan fingerprint density at radius 1 is 0.842 bits per heavy atom. The summed E-state index contributed by atoms with van der Waals surface area (Å²) in [5.41, 5.74) is 3.00. The summed E-state index contributed by atoms with van der Waals surface area (Å²) in [7, 11) is 0. The second kappa shape index (κ2) is 5.11. The minimum absolute atomic E-state index is 0.160. The first kappa shape index (κ1) is 11.7. The highest BCUT2D eigenvalue weighted by Crippen LogP contribution is 2.30. The zero-order chi connectivity index (χ0) is 13.1. The van der Waals surface area contributed by atoms with Crippen molar-refractivity contribution >= 4 is 17.3 Å². The second-order valence-corrected chi connectivity index (χ2v) is 4.56. The van der Waals surface area contributed by atoms with Gasteiger partial charge in [0.15, 0.2) is 0 Å². The Morgan fingerprint density at radius 2 is 1.47 bits per heavy atom. The number of nitrogens with zero attached hydrogens (tertiary/aromatic N) is 1. The van der Waals surface area contributed by atoms with E-state index in [0.29, 0.717) is 6.42 Å². The maximum Gasteiger partial charge on any atom is 0.231 e. The van der Waals surface area contributed by atoms with E-state index >= 15 is 0 Å². The average molecular weight is 249 g/mol. The molecule has 2 heteroatoms. The van der Waals surface area contributed by atoms with Crippen molar-refractivity contribution in [2.75, 3.05) is 4.90 Å². The van der Waals surface area contributed by atoms with E-state index in [4.69, 9.17) is 0 Å². The molecule has 94 valence electrons. The summed E-state index contributed by atoms with van der Waals surface area (Å²) in [6.45, 7) is 0. The lowest BCUT2D eigenvalue weighted by molar-refractivity contribution is -0.118.